The molecular formula is C13H25NO. The summed E-state index contributed by atoms with van der Waals surface area (Å²) in [7, 11) is 0. The Kier molecular flexibility index (Phi) is 4.45. The molecule has 0 radical (unpaired) electrons. The van der Waals surface area contributed by atoms with Gasteiger partial charge in [-0.1, -0.05) is 6.92 Å². The van der Waals surface area contributed by atoms with Gasteiger partial charge in [0.25, 0.3) is 0 Å². The first-order valence-electron chi connectivity index (χ1n) is 6.68. The smallest absolute Gasteiger partial charge is 0.0597 e. The van der Waals surface area contributed by atoms with E-state index in [1.54, 1.807) is 0 Å². The zero-order chi connectivity index (χ0) is 10.5. The molecule has 88 valence electrons. The molecule has 2 rings (SSSR count). The molecule has 0 aromatic rings. The molecule has 1 saturated carbocycles. The molecule has 0 aromatic carbocycles. The van der Waals surface area contributed by atoms with Gasteiger partial charge in [0.2, 0.25) is 0 Å². The molecule has 0 aromatic heterocycles. The molecule has 15 heavy (non-hydrogen) atoms. The fourth-order valence-electron chi connectivity index (χ4n) is 2.75. The molecule has 0 amide bonds. The van der Waals surface area contributed by atoms with Gasteiger partial charge >= 0.3 is 0 Å². The van der Waals surface area contributed by atoms with Crippen LogP contribution in [-0.4, -0.2) is 37.2 Å². The van der Waals surface area contributed by atoms with Gasteiger partial charge in [-0.05, 0) is 57.5 Å². The van der Waals surface area contributed by atoms with Crippen LogP contribution in [0.4, 0.5) is 0 Å². The van der Waals surface area contributed by atoms with Crippen LogP contribution in [0.1, 0.15) is 45.4 Å². The third kappa shape index (κ3) is 3.76. The molecule has 0 N–H and O–H groups in total. The lowest BCUT2D eigenvalue weighted by Crippen LogP contribution is -2.28. The molecular weight excluding hydrogens is 186 g/mol. The average molecular weight is 211 g/mol. The number of hydrogen-bond acceptors (Lipinski definition) is 2. The van der Waals surface area contributed by atoms with E-state index in [9.17, 15) is 0 Å². The molecule has 1 heterocycles. The summed E-state index contributed by atoms with van der Waals surface area (Å²) < 4.78 is 5.95. The van der Waals surface area contributed by atoms with E-state index < -0.39 is 0 Å². The van der Waals surface area contributed by atoms with Gasteiger partial charge in [0.15, 0.2) is 0 Å². The SMILES string of the molecule is CC1CCC(OCCN2CCCC2)CC1. The van der Waals surface area contributed by atoms with Crippen LogP contribution in [-0.2, 0) is 4.74 Å². The number of ether oxygens (including phenoxy) is 1. The second kappa shape index (κ2) is 5.86. The maximum Gasteiger partial charge on any atom is 0.0597 e. The minimum Gasteiger partial charge on any atom is -0.377 e. The molecule has 2 heteroatoms. The van der Waals surface area contributed by atoms with Crippen molar-refractivity contribution in [3.05, 3.63) is 0 Å². The van der Waals surface area contributed by atoms with E-state index in [1.165, 1.54) is 51.6 Å². The summed E-state index contributed by atoms with van der Waals surface area (Å²) in [6, 6.07) is 0. The minimum absolute atomic E-state index is 0.573. The maximum absolute atomic E-state index is 5.95. The molecule has 1 saturated heterocycles. The fourth-order valence-corrected chi connectivity index (χ4v) is 2.75. The van der Waals surface area contributed by atoms with Crippen molar-refractivity contribution in [1.82, 2.24) is 4.90 Å². The van der Waals surface area contributed by atoms with Gasteiger partial charge < -0.3 is 9.64 Å². The summed E-state index contributed by atoms with van der Waals surface area (Å²) in [5.74, 6) is 0.934. The molecule has 0 spiro atoms. The van der Waals surface area contributed by atoms with Crippen LogP contribution in [0, 0.1) is 5.92 Å². The van der Waals surface area contributed by atoms with Gasteiger partial charge in [-0.3, -0.25) is 0 Å². The van der Waals surface area contributed by atoms with Crippen LogP contribution < -0.4 is 0 Å². The normalized spacial score (nSPS) is 33.4. The highest BCUT2D eigenvalue weighted by atomic mass is 16.5. The Morgan fingerprint density at radius 3 is 2.40 bits per heavy atom. The lowest BCUT2D eigenvalue weighted by atomic mass is 9.89. The van der Waals surface area contributed by atoms with E-state index in [2.05, 4.69) is 11.8 Å². The first kappa shape index (κ1) is 11.4. The molecule has 2 fully saturated rings. The van der Waals surface area contributed by atoms with E-state index in [1.807, 2.05) is 0 Å². The van der Waals surface area contributed by atoms with Gasteiger partial charge in [0.1, 0.15) is 0 Å². The van der Waals surface area contributed by atoms with E-state index in [0.717, 1.165) is 19.1 Å². The third-order valence-electron chi connectivity index (χ3n) is 3.92. The monoisotopic (exact) mass is 211 g/mol. The lowest BCUT2D eigenvalue weighted by Gasteiger charge is -2.27. The second-order valence-electron chi connectivity index (χ2n) is 5.30. The third-order valence-corrected chi connectivity index (χ3v) is 3.92. The Morgan fingerprint density at radius 1 is 1.07 bits per heavy atom. The van der Waals surface area contributed by atoms with Crippen molar-refractivity contribution in [3.8, 4) is 0 Å². The number of rotatable bonds is 4. The molecule has 2 aliphatic rings. The Bertz CT molecular complexity index is 169. The van der Waals surface area contributed by atoms with Crippen LogP contribution in [0.15, 0.2) is 0 Å². The predicted molar refractivity (Wildman–Crippen MR) is 63.0 cm³/mol. The van der Waals surface area contributed by atoms with Crippen molar-refractivity contribution >= 4 is 0 Å². The first-order valence-corrected chi connectivity index (χ1v) is 6.68. The topological polar surface area (TPSA) is 12.5 Å². The Hall–Kier alpha value is -0.0800. The lowest BCUT2D eigenvalue weighted by molar-refractivity contribution is 0.0111. The van der Waals surface area contributed by atoms with Gasteiger partial charge in [-0.2, -0.15) is 0 Å². The second-order valence-corrected chi connectivity index (χ2v) is 5.30. The largest absolute Gasteiger partial charge is 0.377 e. The zero-order valence-corrected chi connectivity index (χ0v) is 10.1. The van der Waals surface area contributed by atoms with Crippen LogP contribution in [0.25, 0.3) is 0 Å². The molecule has 0 bridgehead atoms. The summed E-state index contributed by atoms with van der Waals surface area (Å²) in [5, 5.41) is 0. The van der Waals surface area contributed by atoms with Crippen LogP contribution >= 0.6 is 0 Å². The van der Waals surface area contributed by atoms with E-state index in [0.29, 0.717) is 6.10 Å². The van der Waals surface area contributed by atoms with Crippen molar-refractivity contribution < 1.29 is 4.74 Å². The van der Waals surface area contributed by atoms with Gasteiger partial charge in [0.05, 0.1) is 12.7 Å². The summed E-state index contributed by atoms with van der Waals surface area (Å²) >= 11 is 0. The average Bonchev–Trinajstić information content (AvgIpc) is 2.74. The van der Waals surface area contributed by atoms with Crippen LogP contribution in [0.3, 0.4) is 0 Å². The molecule has 2 nitrogen and oxygen atoms in total. The van der Waals surface area contributed by atoms with Crippen molar-refractivity contribution in [2.75, 3.05) is 26.2 Å². The summed E-state index contributed by atoms with van der Waals surface area (Å²) in [4.78, 5) is 2.53. The van der Waals surface area contributed by atoms with Crippen molar-refractivity contribution in [1.29, 1.82) is 0 Å². The predicted octanol–water partition coefficient (Wildman–Crippen LogP) is 2.68. The van der Waals surface area contributed by atoms with E-state index in [4.69, 9.17) is 4.74 Å². The first-order chi connectivity index (χ1) is 7.34. The van der Waals surface area contributed by atoms with Gasteiger partial charge in [-0.15, -0.1) is 0 Å². The van der Waals surface area contributed by atoms with E-state index >= 15 is 0 Å². The number of hydrogen-bond donors (Lipinski definition) is 0. The highest BCUT2D eigenvalue weighted by Gasteiger charge is 2.19. The quantitative estimate of drug-likeness (QED) is 0.709. The fraction of sp³-hybridized carbons (Fsp3) is 1.00. The summed E-state index contributed by atoms with van der Waals surface area (Å²) in [6.07, 6.45) is 8.68. The van der Waals surface area contributed by atoms with Crippen LogP contribution in [0.2, 0.25) is 0 Å². The van der Waals surface area contributed by atoms with Crippen molar-refractivity contribution in [3.63, 3.8) is 0 Å². The standard InChI is InChI=1S/C13H25NO/c1-12-4-6-13(7-5-12)15-11-10-14-8-2-3-9-14/h12-13H,2-11H2,1H3. The Labute approximate surface area is 94.0 Å². The molecule has 0 unspecified atom stereocenters. The minimum atomic E-state index is 0.573. The molecule has 1 aliphatic carbocycles. The number of likely N-dealkylation sites (tertiary alicyclic amines) is 1. The van der Waals surface area contributed by atoms with Gasteiger partial charge in [0, 0.05) is 6.54 Å². The molecule has 1 aliphatic heterocycles. The Morgan fingerprint density at radius 2 is 1.73 bits per heavy atom. The summed E-state index contributed by atoms with van der Waals surface area (Å²) in [6.45, 7) is 7.07. The van der Waals surface area contributed by atoms with Crippen molar-refractivity contribution in [2.24, 2.45) is 5.92 Å². The summed E-state index contributed by atoms with van der Waals surface area (Å²) in [5.41, 5.74) is 0. The van der Waals surface area contributed by atoms with Gasteiger partial charge in [-0.25, -0.2) is 0 Å². The Balaban J connectivity index is 1.53. The highest BCUT2D eigenvalue weighted by Crippen LogP contribution is 2.25. The highest BCUT2D eigenvalue weighted by molar-refractivity contribution is 4.71. The molecule has 0 atom stereocenters. The van der Waals surface area contributed by atoms with E-state index in [-0.39, 0.29) is 0 Å². The zero-order valence-electron chi connectivity index (χ0n) is 10.1. The van der Waals surface area contributed by atoms with Crippen LogP contribution in [0.5, 0.6) is 0 Å². The van der Waals surface area contributed by atoms with Crippen molar-refractivity contribution in [2.45, 2.75) is 51.6 Å². The number of nitrogens with zero attached hydrogens (tertiary/aromatic N) is 1. The maximum atomic E-state index is 5.95.